The second-order valence-corrected chi connectivity index (χ2v) is 3.92. The summed E-state index contributed by atoms with van der Waals surface area (Å²) in [7, 11) is 0. The van der Waals surface area contributed by atoms with E-state index in [-0.39, 0.29) is 0 Å². The lowest BCUT2D eigenvalue weighted by Gasteiger charge is -2.02. The molecule has 0 saturated carbocycles. The van der Waals surface area contributed by atoms with Crippen LogP contribution in [0.15, 0.2) is 41.8 Å². The number of hydrogen-bond acceptors (Lipinski definition) is 2. The Hall–Kier alpha value is -1.28. The van der Waals surface area contributed by atoms with Crippen molar-refractivity contribution in [2.45, 2.75) is 6.92 Å². The summed E-state index contributed by atoms with van der Waals surface area (Å²) < 4.78 is 0. The first kappa shape index (κ1) is 8.32. The van der Waals surface area contributed by atoms with E-state index in [9.17, 15) is 0 Å². The minimum atomic E-state index is 1.15. The zero-order valence-electron chi connectivity index (χ0n) is 7.45. The van der Waals surface area contributed by atoms with E-state index in [1.54, 1.807) is 11.3 Å². The Morgan fingerprint density at radius 1 is 1.08 bits per heavy atom. The molecule has 13 heavy (non-hydrogen) atoms. The smallest absolute Gasteiger partial charge is 0.0926 e. The second kappa shape index (κ2) is 3.62. The minimum Gasteiger partial charge on any atom is -0.347 e. The first-order valence-corrected chi connectivity index (χ1v) is 5.10. The van der Waals surface area contributed by atoms with Crippen LogP contribution in [0.4, 0.5) is 10.7 Å². The fourth-order valence-corrected chi connectivity index (χ4v) is 1.77. The summed E-state index contributed by atoms with van der Waals surface area (Å²) in [6.07, 6.45) is 0. The van der Waals surface area contributed by atoms with E-state index in [1.165, 1.54) is 10.6 Å². The molecule has 2 heteroatoms. The Labute approximate surface area is 82.0 Å². The van der Waals surface area contributed by atoms with Crippen molar-refractivity contribution in [3.8, 4) is 0 Å². The van der Waals surface area contributed by atoms with Crippen molar-refractivity contribution in [2.24, 2.45) is 0 Å². The van der Waals surface area contributed by atoms with Gasteiger partial charge in [-0.05, 0) is 36.6 Å². The fourth-order valence-electron chi connectivity index (χ4n) is 1.13. The van der Waals surface area contributed by atoms with Crippen LogP contribution >= 0.6 is 11.3 Å². The molecule has 0 aliphatic heterocycles. The molecule has 1 nitrogen and oxygen atoms in total. The number of anilines is 2. The molecule has 0 spiro atoms. The lowest BCUT2D eigenvalue weighted by Crippen LogP contribution is -1.85. The lowest BCUT2D eigenvalue weighted by atomic mass is 10.2. The van der Waals surface area contributed by atoms with Gasteiger partial charge in [0.2, 0.25) is 0 Å². The predicted octanol–water partition coefficient (Wildman–Crippen LogP) is 3.80. The highest BCUT2D eigenvalue weighted by atomic mass is 32.1. The molecule has 0 aliphatic rings. The molecule has 1 N–H and O–H groups in total. The van der Waals surface area contributed by atoms with Crippen LogP contribution in [0.5, 0.6) is 0 Å². The maximum atomic E-state index is 3.33. The normalized spacial score (nSPS) is 9.92. The number of thiophene rings is 1. The van der Waals surface area contributed by atoms with Crippen molar-refractivity contribution in [3.05, 3.63) is 47.3 Å². The maximum Gasteiger partial charge on any atom is 0.0926 e. The van der Waals surface area contributed by atoms with E-state index < -0.39 is 0 Å². The molecule has 0 unspecified atom stereocenters. The first-order valence-electron chi connectivity index (χ1n) is 4.22. The van der Waals surface area contributed by atoms with Crippen molar-refractivity contribution in [3.63, 3.8) is 0 Å². The summed E-state index contributed by atoms with van der Waals surface area (Å²) in [5.74, 6) is 0. The van der Waals surface area contributed by atoms with Gasteiger partial charge in [-0.2, -0.15) is 0 Å². The van der Waals surface area contributed by atoms with Crippen molar-refractivity contribution < 1.29 is 0 Å². The summed E-state index contributed by atoms with van der Waals surface area (Å²) in [6.45, 7) is 2.09. The van der Waals surface area contributed by atoms with Crippen molar-refractivity contribution in [1.82, 2.24) is 0 Å². The summed E-state index contributed by atoms with van der Waals surface area (Å²) in [5, 5.41) is 6.58. The standard InChI is InChI=1S/C11H11NS/c1-9-4-6-10(7-5-9)12-11-3-2-8-13-11/h2-8,12H,1H3. The molecule has 1 heterocycles. The van der Waals surface area contributed by atoms with E-state index in [0.717, 1.165) is 5.69 Å². The highest BCUT2D eigenvalue weighted by Gasteiger charge is 1.93. The largest absolute Gasteiger partial charge is 0.347 e. The molecule has 0 fully saturated rings. The highest BCUT2D eigenvalue weighted by Crippen LogP contribution is 2.21. The third-order valence-electron chi connectivity index (χ3n) is 1.84. The zero-order chi connectivity index (χ0) is 9.10. The van der Waals surface area contributed by atoms with E-state index in [4.69, 9.17) is 0 Å². The number of benzene rings is 1. The number of rotatable bonds is 2. The van der Waals surface area contributed by atoms with Crippen LogP contribution in [0.1, 0.15) is 5.56 Å². The first-order chi connectivity index (χ1) is 6.34. The van der Waals surface area contributed by atoms with Gasteiger partial charge in [0.1, 0.15) is 0 Å². The summed E-state index contributed by atoms with van der Waals surface area (Å²) in [4.78, 5) is 0. The fraction of sp³-hybridized carbons (Fsp3) is 0.0909. The van der Waals surface area contributed by atoms with Gasteiger partial charge in [-0.3, -0.25) is 0 Å². The Balaban J connectivity index is 2.15. The summed E-state index contributed by atoms with van der Waals surface area (Å²) in [5.41, 5.74) is 2.43. The molecule has 0 bridgehead atoms. The monoisotopic (exact) mass is 189 g/mol. The van der Waals surface area contributed by atoms with E-state index in [1.807, 2.05) is 6.07 Å². The second-order valence-electron chi connectivity index (χ2n) is 2.97. The average molecular weight is 189 g/mol. The van der Waals surface area contributed by atoms with Crippen LogP contribution < -0.4 is 5.32 Å². The molecule has 1 aromatic carbocycles. The van der Waals surface area contributed by atoms with Crippen LogP contribution in [-0.2, 0) is 0 Å². The Morgan fingerprint density at radius 3 is 2.46 bits per heavy atom. The van der Waals surface area contributed by atoms with Gasteiger partial charge in [-0.1, -0.05) is 17.7 Å². The number of nitrogens with one attached hydrogen (secondary N) is 1. The lowest BCUT2D eigenvalue weighted by molar-refractivity contribution is 1.46. The van der Waals surface area contributed by atoms with Crippen LogP contribution in [0.3, 0.4) is 0 Å². The Morgan fingerprint density at radius 2 is 1.85 bits per heavy atom. The Kier molecular flexibility index (Phi) is 2.32. The third kappa shape index (κ3) is 2.10. The van der Waals surface area contributed by atoms with Gasteiger partial charge in [0, 0.05) is 5.69 Å². The molecule has 0 atom stereocenters. The minimum absolute atomic E-state index is 1.15. The SMILES string of the molecule is Cc1ccc(Nc2cccs2)cc1. The van der Waals surface area contributed by atoms with E-state index in [2.05, 4.69) is 48.0 Å². The average Bonchev–Trinajstić information content (AvgIpc) is 2.62. The van der Waals surface area contributed by atoms with Crippen molar-refractivity contribution >= 4 is 22.0 Å². The van der Waals surface area contributed by atoms with Gasteiger partial charge in [0.25, 0.3) is 0 Å². The number of aryl methyl sites for hydroxylation is 1. The summed E-state index contributed by atoms with van der Waals surface area (Å²) >= 11 is 1.71. The topological polar surface area (TPSA) is 12.0 Å². The molecule has 0 amide bonds. The predicted molar refractivity (Wildman–Crippen MR) is 58.8 cm³/mol. The van der Waals surface area contributed by atoms with E-state index in [0.29, 0.717) is 0 Å². The summed E-state index contributed by atoms with van der Waals surface area (Å²) in [6, 6.07) is 12.5. The molecule has 1 aromatic heterocycles. The molecular formula is C11H11NS. The van der Waals surface area contributed by atoms with Gasteiger partial charge in [0.05, 0.1) is 5.00 Å². The van der Waals surface area contributed by atoms with Gasteiger partial charge in [0.15, 0.2) is 0 Å². The molecule has 2 rings (SSSR count). The van der Waals surface area contributed by atoms with E-state index >= 15 is 0 Å². The molecule has 0 aliphatic carbocycles. The third-order valence-corrected chi connectivity index (χ3v) is 2.63. The van der Waals surface area contributed by atoms with Crippen LogP contribution in [-0.4, -0.2) is 0 Å². The molecule has 0 radical (unpaired) electrons. The van der Waals surface area contributed by atoms with Gasteiger partial charge in [-0.25, -0.2) is 0 Å². The molecule has 2 aromatic rings. The molecule has 0 saturated heterocycles. The number of hydrogen-bond donors (Lipinski definition) is 1. The van der Waals surface area contributed by atoms with Gasteiger partial charge >= 0.3 is 0 Å². The Bertz CT molecular complexity index is 361. The zero-order valence-corrected chi connectivity index (χ0v) is 8.27. The molecule has 66 valence electrons. The van der Waals surface area contributed by atoms with Crippen LogP contribution in [0, 0.1) is 6.92 Å². The quantitative estimate of drug-likeness (QED) is 0.757. The van der Waals surface area contributed by atoms with Crippen molar-refractivity contribution in [1.29, 1.82) is 0 Å². The molecular weight excluding hydrogens is 178 g/mol. The van der Waals surface area contributed by atoms with Gasteiger partial charge < -0.3 is 5.32 Å². The van der Waals surface area contributed by atoms with Gasteiger partial charge in [-0.15, -0.1) is 11.3 Å². The van der Waals surface area contributed by atoms with Crippen LogP contribution in [0.25, 0.3) is 0 Å². The highest BCUT2D eigenvalue weighted by molar-refractivity contribution is 7.14. The van der Waals surface area contributed by atoms with Crippen LogP contribution in [0.2, 0.25) is 0 Å². The maximum absolute atomic E-state index is 3.33. The van der Waals surface area contributed by atoms with Crippen molar-refractivity contribution in [2.75, 3.05) is 5.32 Å².